The van der Waals surface area contributed by atoms with Gasteiger partial charge >= 0.3 is 0 Å². The molecule has 10 heteroatoms. The first-order chi connectivity index (χ1) is 17.5. The minimum atomic E-state index is -0.419. The number of carbonyl (C=O) groups excluding carboxylic acids is 1. The number of aromatic nitrogens is 3. The summed E-state index contributed by atoms with van der Waals surface area (Å²) in [4.78, 5) is 18.0. The van der Waals surface area contributed by atoms with Crippen LogP contribution in [0.25, 0.3) is 0 Å². The van der Waals surface area contributed by atoms with Gasteiger partial charge in [-0.05, 0) is 71.9 Å². The number of benzene rings is 2. The number of Topliss-reactive ketones (excluding diaryl/α,β-unsaturated/α-hetero) is 1. The monoisotopic (exact) mass is 588 g/mol. The highest BCUT2D eigenvalue weighted by Gasteiger charge is 2.37. The van der Waals surface area contributed by atoms with Crippen molar-refractivity contribution in [1.82, 2.24) is 14.8 Å². The molecule has 1 aliphatic carbocycles. The first-order valence-corrected chi connectivity index (χ1v) is 14.1. The lowest BCUT2D eigenvalue weighted by Gasteiger charge is -2.32. The predicted molar refractivity (Wildman–Crippen MR) is 145 cm³/mol. The molecular weight excluding hydrogens is 564 g/mol. The number of thioether (sulfide) groups is 1. The van der Waals surface area contributed by atoms with Crippen LogP contribution < -0.4 is 14.8 Å². The average Bonchev–Trinajstić information content (AvgIpc) is 3.27. The summed E-state index contributed by atoms with van der Waals surface area (Å²) in [5, 5.41) is 9.55. The second kappa shape index (κ2) is 10.9. The number of halogens is 2. The number of carbonyl (C=O) groups is 1. The van der Waals surface area contributed by atoms with Gasteiger partial charge in [0.15, 0.2) is 17.3 Å². The van der Waals surface area contributed by atoms with Crippen molar-refractivity contribution in [2.45, 2.75) is 50.1 Å². The third-order valence-corrected chi connectivity index (χ3v) is 7.94. The molecule has 0 saturated heterocycles. The summed E-state index contributed by atoms with van der Waals surface area (Å²) in [6.07, 6.45) is 2.13. The second-order valence-electron chi connectivity index (χ2n) is 8.44. The van der Waals surface area contributed by atoms with E-state index in [0.717, 1.165) is 44.7 Å². The Morgan fingerprint density at radius 2 is 2.00 bits per heavy atom. The molecule has 0 spiro atoms. The van der Waals surface area contributed by atoms with E-state index < -0.39 is 6.04 Å². The number of nitrogens with zero attached hydrogens (tertiary/aromatic N) is 3. The van der Waals surface area contributed by atoms with Crippen molar-refractivity contribution < 1.29 is 14.3 Å². The van der Waals surface area contributed by atoms with E-state index in [-0.39, 0.29) is 5.78 Å². The molecule has 188 valence electrons. The topological polar surface area (TPSA) is 78.3 Å². The maximum atomic E-state index is 13.2. The largest absolute Gasteiger partial charge is 0.490 e. The number of hydrogen-bond acceptors (Lipinski definition) is 7. The molecule has 1 N–H and O–H groups in total. The Balaban J connectivity index is 1.56. The highest BCUT2D eigenvalue weighted by Crippen LogP contribution is 2.45. The summed E-state index contributed by atoms with van der Waals surface area (Å²) in [5.41, 5.74) is 3.55. The normalized spacial score (nSPS) is 16.9. The van der Waals surface area contributed by atoms with Crippen LogP contribution >= 0.6 is 39.3 Å². The lowest BCUT2D eigenvalue weighted by Crippen LogP contribution is -2.31. The molecule has 0 bridgehead atoms. The molecule has 2 aromatic carbocycles. The standard InChI is InChI=1S/C26H26BrClN4O3S/c1-3-34-21-13-16(12-17(27)24(21)35-4-2)23-22-19(10-7-11-20(22)33)29-25-30-26(31-32(23)25)36-14-15-8-5-6-9-18(15)28/h5-6,8-9,12-13,23H,3-4,7,10-11,14H2,1-2H3,(H,29,30,31). The Labute approximate surface area is 227 Å². The van der Waals surface area contributed by atoms with Crippen molar-refractivity contribution in [2.24, 2.45) is 0 Å². The van der Waals surface area contributed by atoms with Crippen LogP contribution in [0.1, 0.15) is 50.3 Å². The van der Waals surface area contributed by atoms with Gasteiger partial charge in [0.2, 0.25) is 11.1 Å². The van der Waals surface area contributed by atoms with Gasteiger partial charge < -0.3 is 14.8 Å². The Morgan fingerprint density at radius 3 is 2.78 bits per heavy atom. The van der Waals surface area contributed by atoms with Crippen LogP contribution in [0.15, 0.2) is 57.3 Å². The van der Waals surface area contributed by atoms with E-state index in [2.05, 4.69) is 21.2 Å². The summed E-state index contributed by atoms with van der Waals surface area (Å²) in [6, 6.07) is 11.3. The highest BCUT2D eigenvalue weighted by molar-refractivity contribution is 9.10. The number of ketones is 1. The van der Waals surface area contributed by atoms with Crippen molar-refractivity contribution in [3.63, 3.8) is 0 Å². The third kappa shape index (κ3) is 4.88. The van der Waals surface area contributed by atoms with E-state index in [9.17, 15) is 4.79 Å². The molecule has 1 aromatic heterocycles. The van der Waals surface area contributed by atoms with Crippen LogP contribution in [0, 0.1) is 0 Å². The molecule has 1 aliphatic heterocycles. The van der Waals surface area contributed by atoms with Crippen molar-refractivity contribution in [1.29, 1.82) is 0 Å². The van der Waals surface area contributed by atoms with Gasteiger partial charge in [-0.2, -0.15) is 4.98 Å². The molecule has 7 nitrogen and oxygen atoms in total. The number of fused-ring (bicyclic) bond motifs is 1. The summed E-state index contributed by atoms with van der Waals surface area (Å²) >= 11 is 11.5. The van der Waals surface area contributed by atoms with Crippen LogP contribution in [-0.2, 0) is 10.5 Å². The lowest BCUT2D eigenvalue weighted by molar-refractivity contribution is -0.116. The van der Waals surface area contributed by atoms with E-state index in [1.54, 1.807) is 0 Å². The molecular formula is C26H26BrClN4O3S. The first kappa shape index (κ1) is 25.2. The predicted octanol–water partition coefficient (Wildman–Crippen LogP) is 6.81. The van der Waals surface area contributed by atoms with E-state index in [1.807, 2.05) is 54.9 Å². The fourth-order valence-corrected chi connectivity index (χ4v) is 6.25. The summed E-state index contributed by atoms with van der Waals surface area (Å²) < 4.78 is 14.3. The molecule has 2 aliphatic rings. The van der Waals surface area contributed by atoms with E-state index >= 15 is 0 Å². The Kier molecular flexibility index (Phi) is 7.60. The van der Waals surface area contributed by atoms with Crippen molar-refractivity contribution >= 4 is 51.0 Å². The fourth-order valence-electron chi connectivity index (χ4n) is 4.56. The zero-order chi connectivity index (χ0) is 25.2. The summed E-state index contributed by atoms with van der Waals surface area (Å²) in [5.74, 6) is 2.67. The number of rotatable bonds is 8. The minimum absolute atomic E-state index is 0.128. The fraction of sp³-hybridized carbons (Fsp3) is 0.346. The Bertz CT molecular complexity index is 1340. The zero-order valence-electron chi connectivity index (χ0n) is 20.0. The zero-order valence-corrected chi connectivity index (χ0v) is 23.2. The number of nitrogens with one attached hydrogen (secondary N) is 1. The molecule has 36 heavy (non-hydrogen) atoms. The molecule has 0 radical (unpaired) electrons. The van der Waals surface area contributed by atoms with E-state index in [4.69, 9.17) is 31.2 Å². The molecule has 0 fully saturated rings. The number of anilines is 1. The van der Waals surface area contributed by atoms with Gasteiger partial charge in [0, 0.05) is 28.5 Å². The molecule has 1 atom stereocenters. The minimum Gasteiger partial charge on any atom is -0.490 e. The average molecular weight is 590 g/mol. The molecule has 0 amide bonds. The smallest absolute Gasteiger partial charge is 0.227 e. The van der Waals surface area contributed by atoms with Crippen LogP contribution in [0.3, 0.4) is 0 Å². The SMILES string of the molecule is CCOc1cc(C2C3=C(CCCC3=O)Nc3nc(SCc4ccccc4Cl)nn32)cc(Br)c1OCC. The Morgan fingerprint density at radius 1 is 1.19 bits per heavy atom. The van der Waals surface area contributed by atoms with Gasteiger partial charge in [0.25, 0.3) is 0 Å². The Hall–Kier alpha value is -2.49. The maximum Gasteiger partial charge on any atom is 0.227 e. The lowest BCUT2D eigenvalue weighted by atomic mass is 9.85. The van der Waals surface area contributed by atoms with E-state index in [1.165, 1.54) is 11.8 Å². The van der Waals surface area contributed by atoms with Crippen LogP contribution in [-0.4, -0.2) is 33.8 Å². The first-order valence-electron chi connectivity index (χ1n) is 11.9. The molecule has 5 rings (SSSR count). The van der Waals surface area contributed by atoms with Gasteiger partial charge in [-0.15, -0.1) is 5.10 Å². The molecule has 0 saturated carbocycles. The summed E-state index contributed by atoms with van der Waals surface area (Å²) in [6.45, 7) is 4.87. The number of ether oxygens (including phenoxy) is 2. The van der Waals surface area contributed by atoms with Crippen molar-refractivity contribution in [3.8, 4) is 11.5 Å². The van der Waals surface area contributed by atoms with Crippen LogP contribution in [0.2, 0.25) is 5.02 Å². The molecule has 1 unspecified atom stereocenters. The molecule has 2 heterocycles. The van der Waals surface area contributed by atoms with Crippen LogP contribution in [0.5, 0.6) is 11.5 Å². The van der Waals surface area contributed by atoms with E-state index in [0.29, 0.717) is 48.0 Å². The van der Waals surface area contributed by atoms with Gasteiger partial charge in [0.1, 0.15) is 6.04 Å². The third-order valence-electron chi connectivity index (χ3n) is 6.10. The van der Waals surface area contributed by atoms with Gasteiger partial charge in [-0.3, -0.25) is 4.79 Å². The van der Waals surface area contributed by atoms with Gasteiger partial charge in [0.05, 0.1) is 17.7 Å². The maximum absolute atomic E-state index is 13.2. The number of allylic oxidation sites excluding steroid dienone is 2. The quantitative estimate of drug-likeness (QED) is 0.289. The number of hydrogen-bond donors (Lipinski definition) is 1. The van der Waals surface area contributed by atoms with Crippen molar-refractivity contribution in [3.05, 3.63) is 68.3 Å². The van der Waals surface area contributed by atoms with Crippen molar-refractivity contribution in [2.75, 3.05) is 18.5 Å². The highest BCUT2D eigenvalue weighted by atomic mass is 79.9. The summed E-state index contributed by atoms with van der Waals surface area (Å²) in [7, 11) is 0. The van der Waals surface area contributed by atoms with Gasteiger partial charge in [-0.25, -0.2) is 4.68 Å². The molecule has 3 aromatic rings. The van der Waals surface area contributed by atoms with Gasteiger partial charge in [-0.1, -0.05) is 41.6 Å². The second-order valence-corrected chi connectivity index (χ2v) is 10.6. The van der Waals surface area contributed by atoms with Crippen LogP contribution in [0.4, 0.5) is 5.95 Å².